The number of hydrogen-bond donors (Lipinski definition) is 1. The molecule has 0 radical (unpaired) electrons. The number of hydrogen-bond acceptors (Lipinski definition) is 4. The van der Waals surface area contributed by atoms with Gasteiger partial charge >= 0.3 is 0 Å². The maximum atomic E-state index is 14.3. The van der Waals surface area contributed by atoms with Crippen LogP contribution in [0.1, 0.15) is 47.7 Å². The van der Waals surface area contributed by atoms with Gasteiger partial charge in [0.05, 0.1) is 19.4 Å². The molecule has 3 aromatic carbocycles. The Morgan fingerprint density at radius 2 is 1.79 bits per heavy atom. The number of fused-ring (bicyclic) bond motifs is 5. The monoisotopic (exact) mass is 523 g/mol. The molecular formula is C32H33N3O4. The Morgan fingerprint density at radius 1 is 1.03 bits per heavy atom. The van der Waals surface area contributed by atoms with Crippen molar-refractivity contribution in [3.8, 4) is 11.5 Å². The lowest BCUT2D eigenvalue weighted by molar-refractivity contribution is -0.166. The Bertz CT molecular complexity index is 1570. The van der Waals surface area contributed by atoms with Crippen molar-refractivity contribution in [2.45, 2.75) is 38.8 Å². The van der Waals surface area contributed by atoms with Gasteiger partial charge in [-0.05, 0) is 44.0 Å². The zero-order valence-electron chi connectivity index (χ0n) is 22.8. The number of carbonyl (C=O) groups excluding carboxylic acids is 2. The van der Waals surface area contributed by atoms with Crippen LogP contribution in [0.4, 0.5) is 0 Å². The number of aromatic amines is 1. The summed E-state index contributed by atoms with van der Waals surface area (Å²) < 4.78 is 11.8. The first-order valence-electron chi connectivity index (χ1n) is 13.4. The minimum absolute atomic E-state index is 0.0427. The number of ether oxygens (including phenoxy) is 2. The number of amides is 2. The lowest BCUT2D eigenvalue weighted by atomic mass is 9.76. The molecule has 2 atom stereocenters. The molecule has 200 valence electrons. The van der Waals surface area contributed by atoms with E-state index in [0.29, 0.717) is 31.2 Å². The zero-order valence-corrected chi connectivity index (χ0v) is 22.8. The third-order valence-corrected chi connectivity index (χ3v) is 8.20. The van der Waals surface area contributed by atoms with Crippen LogP contribution in [0.2, 0.25) is 0 Å². The Kier molecular flexibility index (Phi) is 6.09. The normalized spacial score (nSPS) is 20.7. The van der Waals surface area contributed by atoms with Gasteiger partial charge in [-0.15, -0.1) is 0 Å². The van der Waals surface area contributed by atoms with Gasteiger partial charge in [-0.3, -0.25) is 9.59 Å². The fourth-order valence-corrected chi connectivity index (χ4v) is 6.27. The van der Waals surface area contributed by atoms with E-state index in [0.717, 1.165) is 38.9 Å². The highest BCUT2D eigenvalue weighted by Gasteiger charge is 2.56. The molecule has 1 fully saturated rings. The summed E-state index contributed by atoms with van der Waals surface area (Å²) in [5.41, 5.74) is 4.66. The third kappa shape index (κ3) is 3.87. The first kappa shape index (κ1) is 25.0. The number of rotatable bonds is 6. The third-order valence-electron chi connectivity index (χ3n) is 8.20. The van der Waals surface area contributed by atoms with Crippen molar-refractivity contribution in [1.82, 2.24) is 14.8 Å². The largest absolute Gasteiger partial charge is 0.493 e. The van der Waals surface area contributed by atoms with E-state index in [1.165, 1.54) is 0 Å². The van der Waals surface area contributed by atoms with E-state index in [1.54, 1.807) is 16.9 Å². The highest BCUT2D eigenvalue weighted by molar-refractivity contribution is 6.01. The number of benzene rings is 3. The van der Waals surface area contributed by atoms with Gasteiger partial charge in [0, 0.05) is 35.5 Å². The molecule has 1 saturated heterocycles. The molecule has 3 heterocycles. The summed E-state index contributed by atoms with van der Waals surface area (Å²) in [5, 5.41) is 1.04. The Labute approximate surface area is 228 Å². The number of piperazine rings is 1. The maximum Gasteiger partial charge on any atom is 0.255 e. The smallest absolute Gasteiger partial charge is 0.255 e. The van der Waals surface area contributed by atoms with Crippen LogP contribution < -0.4 is 9.47 Å². The summed E-state index contributed by atoms with van der Waals surface area (Å²) in [4.78, 5) is 35.2. The molecule has 7 heteroatoms. The molecule has 1 aromatic heterocycles. The van der Waals surface area contributed by atoms with Crippen molar-refractivity contribution >= 4 is 22.7 Å². The van der Waals surface area contributed by atoms with E-state index < -0.39 is 5.54 Å². The summed E-state index contributed by atoms with van der Waals surface area (Å²) in [6.45, 7) is 7.13. The molecule has 0 saturated carbocycles. The van der Waals surface area contributed by atoms with Crippen LogP contribution in [-0.4, -0.2) is 53.4 Å². The fourth-order valence-electron chi connectivity index (χ4n) is 6.27. The Hall–Kier alpha value is -4.26. The first-order valence-corrected chi connectivity index (χ1v) is 13.4. The van der Waals surface area contributed by atoms with Gasteiger partial charge in [0.2, 0.25) is 5.91 Å². The summed E-state index contributed by atoms with van der Waals surface area (Å²) in [5.74, 6) is 0.962. The number of methoxy groups -OCH3 is 1. The van der Waals surface area contributed by atoms with Gasteiger partial charge in [-0.2, -0.15) is 0 Å². The molecule has 1 unspecified atom stereocenters. The molecular weight excluding hydrogens is 490 g/mol. The van der Waals surface area contributed by atoms with Crippen molar-refractivity contribution in [3.63, 3.8) is 0 Å². The van der Waals surface area contributed by atoms with Gasteiger partial charge in [0.15, 0.2) is 17.0 Å². The number of aryl methyl sites for hydroxylation is 1. The maximum absolute atomic E-state index is 14.3. The number of para-hydroxylation sites is 2. The number of carbonyl (C=O) groups is 2. The number of aromatic nitrogens is 1. The van der Waals surface area contributed by atoms with Crippen LogP contribution in [-0.2, 0) is 21.7 Å². The number of H-pyrrole nitrogens is 1. The topological polar surface area (TPSA) is 74.9 Å². The summed E-state index contributed by atoms with van der Waals surface area (Å²) in [6.07, 6.45) is 0. The zero-order chi connectivity index (χ0) is 27.3. The predicted molar refractivity (Wildman–Crippen MR) is 150 cm³/mol. The van der Waals surface area contributed by atoms with E-state index in [9.17, 15) is 9.59 Å². The molecule has 2 amide bonds. The van der Waals surface area contributed by atoms with Crippen LogP contribution in [0.3, 0.4) is 0 Å². The summed E-state index contributed by atoms with van der Waals surface area (Å²) in [6, 6.07) is 22.1. The van der Waals surface area contributed by atoms with Gasteiger partial charge < -0.3 is 24.3 Å². The minimum Gasteiger partial charge on any atom is -0.493 e. The van der Waals surface area contributed by atoms with Gasteiger partial charge in [0.25, 0.3) is 5.91 Å². The molecule has 39 heavy (non-hydrogen) atoms. The second-order valence-electron chi connectivity index (χ2n) is 10.5. The van der Waals surface area contributed by atoms with Gasteiger partial charge in [-0.25, -0.2) is 0 Å². The highest BCUT2D eigenvalue weighted by Crippen LogP contribution is 2.50. The molecule has 0 aliphatic carbocycles. The molecule has 0 spiro atoms. The second kappa shape index (κ2) is 9.49. The molecule has 6 rings (SSSR count). The quantitative estimate of drug-likeness (QED) is 0.381. The van der Waals surface area contributed by atoms with Gasteiger partial charge in [-0.1, -0.05) is 60.2 Å². The lowest BCUT2D eigenvalue weighted by Gasteiger charge is -2.51. The average molecular weight is 524 g/mol. The summed E-state index contributed by atoms with van der Waals surface area (Å²) in [7, 11) is 1.63. The van der Waals surface area contributed by atoms with E-state index in [4.69, 9.17) is 9.47 Å². The predicted octanol–water partition coefficient (Wildman–Crippen LogP) is 5.12. The number of nitrogens with one attached hydrogen (secondary N) is 1. The molecule has 7 nitrogen and oxygen atoms in total. The first-order chi connectivity index (χ1) is 18.9. The van der Waals surface area contributed by atoms with Crippen molar-refractivity contribution in [2.24, 2.45) is 0 Å². The molecule has 0 bridgehead atoms. The molecule has 2 aliphatic heterocycles. The van der Waals surface area contributed by atoms with E-state index in [2.05, 4.69) is 11.1 Å². The van der Waals surface area contributed by atoms with Crippen molar-refractivity contribution in [2.75, 3.05) is 26.8 Å². The lowest BCUT2D eigenvalue weighted by Crippen LogP contribution is -2.67. The summed E-state index contributed by atoms with van der Waals surface area (Å²) >= 11 is 0. The van der Waals surface area contributed by atoms with Crippen molar-refractivity contribution < 1.29 is 19.1 Å². The van der Waals surface area contributed by atoms with Crippen LogP contribution in [0, 0.1) is 6.92 Å². The van der Waals surface area contributed by atoms with E-state index >= 15 is 0 Å². The van der Waals surface area contributed by atoms with Crippen LogP contribution in [0.25, 0.3) is 10.9 Å². The number of nitrogens with zero attached hydrogens (tertiary/aromatic N) is 2. The van der Waals surface area contributed by atoms with Crippen molar-refractivity contribution in [3.05, 3.63) is 94.7 Å². The van der Waals surface area contributed by atoms with Gasteiger partial charge in [0.1, 0.15) is 6.54 Å². The Morgan fingerprint density at radius 3 is 2.54 bits per heavy atom. The van der Waals surface area contributed by atoms with E-state index in [-0.39, 0.29) is 24.3 Å². The molecule has 4 aromatic rings. The average Bonchev–Trinajstić information content (AvgIpc) is 3.34. The minimum atomic E-state index is -1.16. The fraction of sp³-hybridized carbons (Fsp3) is 0.312. The highest BCUT2D eigenvalue weighted by atomic mass is 16.5. The van der Waals surface area contributed by atoms with Crippen LogP contribution in [0.15, 0.2) is 66.7 Å². The standard InChI is InChI=1S/C32H33N3O4/c1-5-39-29-22(10-8-12-26(29)38-4)24-18-35-27(36)19-34(17-21-15-13-20(2)14-16-21)31(37)32(35,3)30-28(24)23-9-6-7-11-25(23)33-30/h6-16,24,33H,5,17-19H2,1-4H3/t24?,32-/m0/s1. The molecule has 2 aliphatic rings. The second-order valence-corrected chi connectivity index (χ2v) is 10.5. The van der Waals surface area contributed by atoms with Crippen molar-refractivity contribution in [1.29, 1.82) is 0 Å². The Balaban J connectivity index is 1.52. The van der Waals surface area contributed by atoms with E-state index in [1.807, 2.05) is 81.4 Å². The van der Waals surface area contributed by atoms with Crippen LogP contribution >= 0.6 is 0 Å². The van der Waals surface area contributed by atoms with Crippen LogP contribution in [0.5, 0.6) is 11.5 Å². The SMILES string of the molecule is CCOc1c(OC)cccc1C1CN2C(=O)CN(Cc3ccc(C)cc3)C(=O)[C@]2(C)c2[nH]c3ccccc3c21. The molecule has 1 N–H and O–H groups in total.